The van der Waals surface area contributed by atoms with Crippen molar-refractivity contribution in [3.63, 3.8) is 0 Å². The van der Waals surface area contributed by atoms with Crippen LogP contribution in [0.15, 0.2) is 42.7 Å². The van der Waals surface area contributed by atoms with Crippen LogP contribution in [0.2, 0.25) is 0 Å². The van der Waals surface area contributed by atoms with Gasteiger partial charge in [0, 0.05) is 30.1 Å². The predicted molar refractivity (Wildman–Crippen MR) is 144 cm³/mol. The van der Waals surface area contributed by atoms with Crippen LogP contribution < -0.4 is 5.32 Å². The van der Waals surface area contributed by atoms with E-state index >= 15 is 0 Å². The van der Waals surface area contributed by atoms with Crippen LogP contribution in [-0.4, -0.2) is 56.2 Å². The van der Waals surface area contributed by atoms with Gasteiger partial charge in [-0.1, -0.05) is 45.0 Å². The smallest absolute Gasteiger partial charge is 0.477 e. The van der Waals surface area contributed by atoms with Crippen molar-refractivity contribution in [3.05, 3.63) is 70.7 Å². The molecule has 0 aliphatic heterocycles. The Morgan fingerprint density at radius 2 is 1.65 bits per heavy atom. The molecule has 40 heavy (non-hydrogen) atoms. The lowest BCUT2D eigenvalue weighted by Crippen LogP contribution is -2.21. The summed E-state index contributed by atoms with van der Waals surface area (Å²) in [6.45, 7) is 9.09. The van der Waals surface area contributed by atoms with Gasteiger partial charge in [-0.2, -0.15) is 18.3 Å². The van der Waals surface area contributed by atoms with Gasteiger partial charge in [0.15, 0.2) is 0 Å². The highest BCUT2D eigenvalue weighted by atomic mass is 19.4. The van der Waals surface area contributed by atoms with E-state index in [0.717, 1.165) is 61.2 Å². The lowest BCUT2D eigenvalue weighted by molar-refractivity contribution is -0.192. The quantitative estimate of drug-likeness (QED) is 0.305. The molecule has 11 heteroatoms. The van der Waals surface area contributed by atoms with E-state index in [4.69, 9.17) is 15.0 Å². The zero-order valence-electron chi connectivity index (χ0n) is 22.9. The number of halogens is 3. The summed E-state index contributed by atoms with van der Waals surface area (Å²) in [5.41, 5.74) is 7.08. The van der Waals surface area contributed by atoms with Gasteiger partial charge in [0.2, 0.25) is 0 Å². The van der Waals surface area contributed by atoms with Crippen molar-refractivity contribution < 1.29 is 33.0 Å². The molecule has 1 aliphatic carbocycles. The Labute approximate surface area is 231 Å². The molecule has 2 aromatic heterocycles. The molecule has 0 saturated heterocycles. The molecule has 4 rings (SSSR count). The SMILES string of the molecule is CC(C)(C)c1ccc(CCCNCCCn2nc3c(c2C(=O)O)CCc2cnccc2-3)cc1.O=C(O)C(F)(F)F. The van der Waals surface area contributed by atoms with Crippen molar-refractivity contribution in [2.45, 2.75) is 71.0 Å². The summed E-state index contributed by atoms with van der Waals surface area (Å²) < 4.78 is 33.4. The molecule has 0 bridgehead atoms. The fourth-order valence-electron chi connectivity index (χ4n) is 4.54. The molecule has 1 aromatic carbocycles. The number of aromatic carboxylic acids is 1. The zero-order chi connectivity index (χ0) is 29.5. The Morgan fingerprint density at radius 1 is 1.00 bits per heavy atom. The van der Waals surface area contributed by atoms with Gasteiger partial charge in [0.1, 0.15) is 5.69 Å². The Bertz CT molecular complexity index is 1310. The van der Waals surface area contributed by atoms with Crippen molar-refractivity contribution in [1.82, 2.24) is 20.1 Å². The van der Waals surface area contributed by atoms with Gasteiger partial charge in [0.05, 0.1) is 5.69 Å². The highest BCUT2D eigenvalue weighted by Gasteiger charge is 2.38. The summed E-state index contributed by atoms with van der Waals surface area (Å²) in [6, 6.07) is 10.9. The highest BCUT2D eigenvalue weighted by Crippen LogP contribution is 2.34. The number of fused-ring (bicyclic) bond motifs is 3. The van der Waals surface area contributed by atoms with Gasteiger partial charge in [0.25, 0.3) is 0 Å². The minimum absolute atomic E-state index is 0.190. The van der Waals surface area contributed by atoms with Crippen LogP contribution in [-0.2, 0) is 36.0 Å². The van der Waals surface area contributed by atoms with Crippen LogP contribution in [0.25, 0.3) is 11.3 Å². The second-order valence-corrected chi connectivity index (χ2v) is 10.7. The van der Waals surface area contributed by atoms with Gasteiger partial charge >= 0.3 is 18.1 Å². The number of nitrogens with one attached hydrogen (secondary N) is 1. The van der Waals surface area contributed by atoms with Crippen LogP contribution in [0.4, 0.5) is 13.2 Å². The molecule has 0 radical (unpaired) electrons. The third kappa shape index (κ3) is 8.14. The molecule has 216 valence electrons. The molecule has 0 fully saturated rings. The van der Waals surface area contributed by atoms with Crippen molar-refractivity contribution in [2.24, 2.45) is 0 Å². The van der Waals surface area contributed by atoms with E-state index in [0.29, 0.717) is 18.7 Å². The average molecular weight is 561 g/mol. The fraction of sp³-hybridized carbons (Fsp3) is 0.448. The minimum Gasteiger partial charge on any atom is -0.477 e. The summed E-state index contributed by atoms with van der Waals surface area (Å²) in [4.78, 5) is 25.1. The molecule has 0 atom stereocenters. The Balaban J connectivity index is 0.000000559. The van der Waals surface area contributed by atoms with E-state index in [-0.39, 0.29) is 5.41 Å². The molecule has 0 amide bonds. The van der Waals surface area contributed by atoms with E-state index in [1.54, 1.807) is 10.9 Å². The molecule has 0 spiro atoms. The summed E-state index contributed by atoms with van der Waals surface area (Å²) >= 11 is 0. The first-order valence-corrected chi connectivity index (χ1v) is 13.2. The highest BCUT2D eigenvalue weighted by molar-refractivity contribution is 5.90. The first-order chi connectivity index (χ1) is 18.8. The van der Waals surface area contributed by atoms with Gasteiger partial charge in [-0.05, 0) is 73.4 Å². The van der Waals surface area contributed by atoms with Gasteiger partial charge in [-0.25, -0.2) is 9.59 Å². The summed E-state index contributed by atoms with van der Waals surface area (Å²) in [5, 5.41) is 25.1. The summed E-state index contributed by atoms with van der Waals surface area (Å²) in [5.74, 6) is -3.65. The van der Waals surface area contributed by atoms with Gasteiger partial charge in [-0.3, -0.25) is 9.67 Å². The number of benzene rings is 1. The lowest BCUT2D eigenvalue weighted by Gasteiger charge is -2.19. The second kappa shape index (κ2) is 13.1. The van der Waals surface area contributed by atoms with Crippen molar-refractivity contribution in [3.8, 4) is 11.3 Å². The number of nitrogens with zero attached hydrogens (tertiary/aromatic N) is 3. The molecule has 3 aromatic rings. The number of hydrogen-bond donors (Lipinski definition) is 3. The average Bonchev–Trinajstić information content (AvgIpc) is 3.27. The minimum atomic E-state index is -5.08. The molecular weight excluding hydrogens is 525 g/mol. The van der Waals surface area contributed by atoms with E-state index < -0.39 is 18.1 Å². The number of carbonyl (C=O) groups is 2. The fourth-order valence-corrected chi connectivity index (χ4v) is 4.54. The summed E-state index contributed by atoms with van der Waals surface area (Å²) in [7, 11) is 0. The number of aryl methyl sites for hydroxylation is 3. The lowest BCUT2D eigenvalue weighted by atomic mass is 9.86. The number of aliphatic carboxylic acids is 1. The van der Waals surface area contributed by atoms with E-state index in [9.17, 15) is 23.1 Å². The molecule has 2 heterocycles. The molecular formula is C29H35F3N4O4. The monoisotopic (exact) mass is 560 g/mol. The van der Waals surface area contributed by atoms with Gasteiger partial charge < -0.3 is 15.5 Å². The number of hydrogen-bond acceptors (Lipinski definition) is 5. The normalized spacial score (nSPS) is 12.7. The van der Waals surface area contributed by atoms with E-state index in [1.165, 1.54) is 11.1 Å². The number of carboxylic acid groups (broad SMARTS) is 2. The van der Waals surface area contributed by atoms with Crippen molar-refractivity contribution >= 4 is 11.9 Å². The van der Waals surface area contributed by atoms with Crippen molar-refractivity contribution in [1.29, 1.82) is 0 Å². The number of rotatable bonds is 9. The standard InChI is InChI=1S/C27H34N4O2.C2HF3O2/c1-27(2,3)21-10-7-19(8-11-21)6-4-14-28-15-5-17-31-25(26(32)33)23-12-9-20-18-29-16-13-22(20)24(23)30-31;3-2(4,5)1(6)7/h7-8,10-11,13,16,18,28H,4-6,9,12,14-15,17H2,1-3H3,(H,32,33);(H,6,7). The largest absolute Gasteiger partial charge is 0.490 e. The van der Waals surface area contributed by atoms with Crippen LogP contribution in [0, 0.1) is 0 Å². The molecule has 1 aliphatic rings. The topological polar surface area (TPSA) is 117 Å². The number of aromatic nitrogens is 3. The Morgan fingerprint density at radius 3 is 2.25 bits per heavy atom. The maximum absolute atomic E-state index is 12.0. The third-order valence-electron chi connectivity index (χ3n) is 6.66. The van der Waals surface area contributed by atoms with Crippen molar-refractivity contribution in [2.75, 3.05) is 13.1 Å². The maximum Gasteiger partial charge on any atom is 0.490 e. The zero-order valence-corrected chi connectivity index (χ0v) is 22.9. The van der Waals surface area contributed by atoms with Crippen LogP contribution in [0.3, 0.4) is 0 Å². The van der Waals surface area contributed by atoms with Crippen LogP contribution in [0.5, 0.6) is 0 Å². The molecule has 3 N–H and O–H groups in total. The van der Waals surface area contributed by atoms with E-state index in [1.807, 2.05) is 12.3 Å². The van der Waals surface area contributed by atoms with Crippen LogP contribution in [0.1, 0.15) is 66.4 Å². The number of alkyl halides is 3. The molecule has 0 saturated carbocycles. The Kier molecular flexibility index (Phi) is 10.1. The van der Waals surface area contributed by atoms with E-state index in [2.05, 4.69) is 55.3 Å². The van der Waals surface area contributed by atoms with Gasteiger partial charge in [-0.15, -0.1) is 0 Å². The molecule has 8 nitrogen and oxygen atoms in total. The van der Waals surface area contributed by atoms with Crippen LogP contribution >= 0.6 is 0 Å². The molecule has 0 unspecified atom stereocenters. The Hall–Kier alpha value is -3.73. The predicted octanol–water partition coefficient (Wildman–Crippen LogP) is 5.29. The summed E-state index contributed by atoms with van der Waals surface area (Å²) in [6.07, 6.45) is 3.01. The third-order valence-corrected chi connectivity index (χ3v) is 6.66. The number of carboxylic acids is 2. The second-order valence-electron chi connectivity index (χ2n) is 10.7. The maximum atomic E-state index is 12.0. The first kappa shape index (κ1) is 30.8. The first-order valence-electron chi connectivity index (χ1n) is 13.2. The number of pyridine rings is 1.